The van der Waals surface area contributed by atoms with Crippen molar-refractivity contribution in [2.45, 2.75) is 32.7 Å². The third kappa shape index (κ3) is 3.76. The minimum absolute atomic E-state index is 0.271. The van der Waals surface area contributed by atoms with Gasteiger partial charge in [-0.1, -0.05) is 36.2 Å². The van der Waals surface area contributed by atoms with Crippen molar-refractivity contribution in [3.8, 4) is 0 Å². The van der Waals surface area contributed by atoms with Crippen LogP contribution in [-0.4, -0.2) is 6.54 Å². The molecule has 1 heterocycles. The van der Waals surface area contributed by atoms with Gasteiger partial charge in [-0.05, 0) is 61.0 Å². The maximum absolute atomic E-state index is 6.30. The van der Waals surface area contributed by atoms with Gasteiger partial charge in [0.1, 0.15) is 0 Å². The molecule has 0 spiro atoms. The van der Waals surface area contributed by atoms with Crippen molar-refractivity contribution in [2.75, 3.05) is 6.54 Å². The van der Waals surface area contributed by atoms with Crippen LogP contribution in [0.3, 0.4) is 0 Å². The Morgan fingerprint density at radius 3 is 2.45 bits per heavy atom. The Morgan fingerprint density at radius 1 is 1.20 bits per heavy atom. The van der Waals surface area contributed by atoms with E-state index in [0.717, 1.165) is 35.0 Å². The highest BCUT2D eigenvalue weighted by atomic mass is 35.5. The number of hydrogen-bond donors (Lipinski definition) is 1. The number of thiophene rings is 1. The molecule has 0 aliphatic carbocycles. The normalized spacial score (nSPS) is 12.6. The van der Waals surface area contributed by atoms with Crippen molar-refractivity contribution in [1.29, 1.82) is 0 Å². The molecule has 1 unspecified atom stereocenters. The van der Waals surface area contributed by atoms with Gasteiger partial charge in [0, 0.05) is 21.0 Å². The number of halogens is 2. The van der Waals surface area contributed by atoms with Crippen molar-refractivity contribution in [3.63, 3.8) is 0 Å². The van der Waals surface area contributed by atoms with Crippen LogP contribution < -0.4 is 5.32 Å². The summed E-state index contributed by atoms with van der Waals surface area (Å²) in [6.07, 6.45) is 1.93. The third-order valence-electron chi connectivity index (χ3n) is 3.33. The Hall–Kier alpha value is -0.540. The zero-order valence-electron chi connectivity index (χ0n) is 11.7. The van der Waals surface area contributed by atoms with Crippen LogP contribution in [0.15, 0.2) is 29.6 Å². The molecule has 2 rings (SSSR count). The molecule has 20 heavy (non-hydrogen) atoms. The molecular weight excluding hydrogens is 309 g/mol. The predicted octanol–water partition coefficient (Wildman–Crippen LogP) is 5.65. The van der Waals surface area contributed by atoms with E-state index in [0.29, 0.717) is 0 Å². The second kappa shape index (κ2) is 7.46. The summed E-state index contributed by atoms with van der Waals surface area (Å²) in [6.45, 7) is 5.32. The maximum atomic E-state index is 6.30. The van der Waals surface area contributed by atoms with E-state index in [1.165, 1.54) is 10.4 Å². The summed E-state index contributed by atoms with van der Waals surface area (Å²) in [5.41, 5.74) is 2.35. The van der Waals surface area contributed by atoms with Gasteiger partial charge in [0.15, 0.2) is 0 Å². The quantitative estimate of drug-likeness (QED) is 0.723. The van der Waals surface area contributed by atoms with Gasteiger partial charge in [-0.15, -0.1) is 11.3 Å². The molecule has 0 fully saturated rings. The Bertz CT molecular complexity index is 545. The molecule has 108 valence electrons. The van der Waals surface area contributed by atoms with Crippen molar-refractivity contribution in [3.05, 3.63) is 55.7 Å². The lowest BCUT2D eigenvalue weighted by molar-refractivity contribution is 0.535. The molecule has 1 atom stereocenters. The molecule has 1 aromatic carbocycles. The zero-order valence-corrected chi connectivity index (χ0v) is 14.1. The molecule has 0 aliphatic heterocycles. The average Bonchev–Trinajstić information content (AvgIpc) is 2.84. The summed E-state index contributed by atoms with van der Waals surface area (Å²) in [7, 11) is 0. The maximum Gasteiger partial charge on any atom is 0.0459 e. The first-order valence-corrected chi connectivity index (χ1v) is 8.47. The first kappa shape index (κ1) is 15.8. The average molecular weight is 328 g/mol. The van der Waals surface area contributed by atoms with Crippen LogP contribution in [-0.2, 0) is 6.42 Å². The van der Waals surface area contributed by atoms with Gasteiger partial charge in [0.25, 0.3) is 0 Å². The Morgan fingerprint density at radius 2 is 1.90 bits per heavy atom. The molecule has 2 aromatic rings. The largest absolute Gasteiger partial charge is 0.309 e. The van der Waals surface area contributed by atoms with Crippen molar-refractivity contribution in [1.82, 2.24) is 5.32 Å². The second-order valence-electron chi connectivity index (χ2n) is 4.88. The van der Waals surface area contributed by atoms with Gasteiger partial charge in [-0.3, -0.25) is 0 Å². The Labute approximate surface area is 134 Å². The van der Waals surface area contributed by atoms with E-state index in [9.17, 15) is 0 Å². The van der Waals surface area contributed by atoms with Crippen LogP contribution in [0.1, 0.15) is 35.4 Å². The predicted molar refractivity (Wildman–Crippen MR) is 90.3 cm³/mol. The molecule has 0 bridgehead atoms. The van der Waals surface area contributed by atoms with E-state index in [1.807, 2.05) is 18.2 Å². The lowest BCUT2D eigenvalue weighted by Gasteiger charge is -2.20. The summed E-state index contributed by atoms with van der Waals surface area (Å²) < 4.78 is 0. The first-order chi connectivity index (χ1) is 9.63. The van der Waals surface area contributed by atoms with Gasteiger partial charge in [0.05, 0.1) is 0 Å². The summed E-state index contributed by atoms with van der Waals surface area (Å²) in [5.74, 6) is 0. The monoisotopic (exact) mass is 327 g/mol. The molecule has 0 aliphatic rings. The molecule has 1 nitrogen and oxygen atoms in total. The fourth-order valence-electron chi connectivity index (χ4n) is 2.25. The first-order valence-electron chi connectivity index (χ1n) is 6.83. The number of aryl methyl sites for hydroxylation is 1. The minimum Gasteiger partial charge on any atom is -0.309 e. The second-order valence-corrected chi connectivity index (χ2v) is 6.64. The van der Waals surface area contributed by atoms with Crippen LogP contribution in [0, 0.1) is 6.92 Å². The fraction of sp³-hybridized carbons (Fsp3) is 0.375. The van der Waals surface area contributed by atoms with Crippen LogP contribution >= 0.6 is 34.5 Å². The number of rotatable bonds is 6. The van der Waals surface area contributed by atoms with Gasteiger partial charge >= 0.3 is 0 Å². The van der Waals surface area contributed by atoms with Crippen molar-refractivity contribution >= 4 is 34.5 Å². The number of benzene rings is 1. The van der Waals surface area contributed by atoms with Gasteiger partial charge < -0.3 is 5.32 Å². The smallest absolute Gasteiger partial charge is 0.0459 e. The number of nitrogens with one attached hydrogen (secondary N) is 1. The Kier molecular flexibility index (Phi) is 5.91. The summed E-state index contributed by atoms with van der Waals surface area (Å²) in [5, 5.41) is 7.24. The van der Waals surface area contributed by atoms with Crippen LogP contribution in [0.2, 0.25) is 10.0 Å². The zero-order chi connectivity index (χ0) is 14.5. The van der Waals surface area contributed by atoms with Crippen LogP contribution in [0.25, 0.3) is 0 Å². The Balaban J connectivity index is 2.26. The van der Waals surface area contributed by atoms with Gasteiger partial charge in [-0.25, -0.2) is 0 Å². The molecule has 0 saturated carbocycles. The van der Waals surface area contributed by atoms with Gasteiger partial charge in [-0.2, -0.15) is 0 Å². The summed E-state index contributed by atoms with van der Waals surface area (Å²) in [4.78, 5) is 1.37. The van der Waals surface area contributed by atoms with Crippen molar-refractivity contribution < 1.29 is 0 Å². The summed E-state index contributed by atoms with van der Waals surface area (Å²) in [6, 6.07) is 8.13. The van der Waals surface area contributed by atoms with Crippen LogP contribution in [0.5, 0.6) is 0 Å². The standard InChI is InChI=1S/C16H19Cl2NS/c1-3-8-19-15(16-11(2)7-9-20-16)10-12-13(17)5-4-6-14(12)18/h4-7,9,15,19H,3,8,10H2,1-2H3. The number of hydrogen-bond acceptors (Lipinski definition) is 2. The molecule has 1 aromatic heterocycles. The van der Waals surface area contributed by atoms with E-state index in [-0.39, 0.29) is 6.04 Å². The van der Waals surface area contributed by atoms with E-state index >= 15 is 0 Å². The lowest BCUT2D eigenvalue weighted by atomic mass is 10.0. The van der Waals surface area contributed by atoms with E-state index < -0.39 is 0 Å². The van der Waals surface area contributed by atoms with Crippen molar-refractivity contribution in [2.24, 2.45) is 0 Å². The molecular formula is C16H19Cl2NS. The molecule has 4 heteroatoms. The topological polar surface area (TPSA) is 12.0 Å². The molecule has 0 radical (unpaired) electrons. The highest BCUT2D eigenvalue weighted by molar-refractivity contribution is 7.10. The van der Waals surface area contributed by atoms with E-state index in [1.54, 1.807) is 11.3 Å². The molecule has 0 saturated heterocycles. The highest BCUT2D eigenvalue weighted by Crippen LogP contribution is 2.32. The molecule has 0 amide bonds. The van der Waals surface area contributed by atoms with E-state index in [4.69, 9.17) is 23.2 Å². The highest BCUT2D eigenvalue weighted by Gasteiger charge is 2.18. The molecule has 1 N–H and O–H groups in total. The van der Waals surface area contributed by atoms with Gasteiger partial charge in [0.2, 0.25) is 0 Å². The SMILES string of the molecule is CCCNC(Cc1c(Cl)cccc1Cl)c1sccc1C. The minimum atomic E-state index is 0.271. The van der Waals surface area contributed by atoms with E-state index in [2.05, 4.69) is 30.6 Å². The lowest BCUT2D eigenvalue weighted by Crippen LogP contribution is -2.24. The third-order valence-corrected chi connectivity index (χ3v) is 5.17. The fourth-order valence-corrected chi connectivity index (χ4v) is 3.80. The summed E-state index contributed by atoms with van der Waals surface area (Å²) >= 11 is 14.4. The van der Waals surface area contributed by atoms with Crippen LogP contribution in [0.4, 0.5) is 0 Å².